The van der Waals surface area contributed by atoms with Gasteiger partial charge >= 0.3 is 0 Å². The quantitative estimate of drug-likeness (QED) is 0.169. The highest BCUT2D eigenvalue weighted by atomic mass is 16.7. The van der Waals surface area contributed by atoms with Crippen LogP contribution >= 0.6 is 0 Å². The van der Waals surface area contributed by atoms with E-state index in [1.807, 2.05) is 54.6 Å². The summed E-state index contributed by atoms with van der Waals surface area (Å²) in [7, 11) is 0. The summed E-state index contributed by atoms with van der Waals surface area (Å²) in [5.74, 6) is -0.263. The zero-order valence-corrected chi connectivity index (χ0v) is 27.8. The number of aliphatic hydroxyl groups is 1. The van der Waals surface area contributed by atoms with Crippen LogP contribution in [0.4, 0.5) is 0 Å². The molecule has 0 aliphatic carbocycles. The van der Waals surface area contributed by atoms with Gasteiger partial charge in [-0.3, -0.25) is 9.78 Å². The first kappa shape index (κ1) is 33.0. The number of hydrogen-bond donors (Lipinski definition) is 2. The Labute approximate surface area is 288 Å². The zero-order chi connectivity index (χ0) is 33.4. The first-order valence-electron chi connectivity index (χ1n) is 17.5. The van der Waals surface area contributed by atoms with Gasteiger partial charge in [0.25, 0.3) is 5.91 Å². The first-order valence-corrected chi connectivity index (χ1v) is 17.5. The van der Waals surface area contributed by atoms with Crippen LogP contribution in [-0.2, 0) is 22.6 Å². The number of para-hydroxylation sites is 2. The highest BCUT2D eigenvalue weighted by molar-refractivity contribution is 5.93. The van der Waals surface area contributed by atoms with Crippen molar-refractivity contribution in [2.24, 2.45) is 0 Å². The second kappa shape index (κ2) is 15.8. The van der Waals surface area contributed by atoms with Crippen LogP contribution in [0, 0.1) is 0 Å². The lowest BCUT2D eigenvalue weighted by atomic mass is 9.97. The van der Waals surface area contributed by atoms with Gasteiger partial charge < -0.3 is 24.8 Å². The van der Waals surface area contributed by atoms with Gasteiger partial charge in [-0.25, -0.2) is 4.98 Å². The molecule has 1 amide bonds. The molecule has 0 spiro atoms. The Hall–Kier alpha value is -4.47. The third-order valence-corrected chi connectivity index (χ3v) is 9.66. The van der Waals surface area contributed by atoms with Gasteiger partial charge in [0.15, 0.2) is 6.29 Å². The van der Waals surface area contributed by atoms with E-state index in [1.165, 1.54) is 38.3 Å². The van der Waals surface area contributed by atoms with Crippen LogP contribution in [0.25, 0.3) is 22.2 Å². The molecule has 0 radical (unpaired) electrons. The molecule has 2 fully saturated rings. The van der Waals surface area contributed by atoms with E-state index >= 15 is 0 Å². The monoisotopic (exact) mass is 656 g/mol. The number of nitrogens with one attached hydrogen (secondary N) is 1. The van der Waals surface area contributed by atoms with Crippen molar-refractivity contribution in [2.75, 3.05) is 19.6 Å². The molecule has 49 heavy (non-hydrogen) atoms. The number of carbonyl (C=O) groups is 1. The van der Waals surface area contributed by atoms with Gasteiger partial charge in [0, 0.05) is 25.1 Å². The Kier molecular flexibility index (Phi) is 10.7. The smallest absolute Gasteiger partial charge is 0.271 e. The largest absolute Gasteiger partial charge is 0.392 e. The second-order valence-electron chi connectivity index (χ2n) is 13.1. The molecule has 2 aliphatic heterocycles. The Morgan fingerprint density at radius 2 is 1.49 bits per heavy atom. The van der Waals surface area contributed by atoms with Gasteiger partial charge in [-0.05, 0) is 65.9 Å². The molecule has 8 heteroatoms. The van der Waals surface area contributed by atoms with Crippen LogP contribution < -0.4 is 5.32 Å². The number of benzene rings is 4. The molecular weight excluding hydrogens is 612 g/mol. The molecule has 5 aromatic rings. The van der Waals surface area contributed by atoms with E-state index in [0.29, 0.717) is 17.8 Å². The molecular formula is C41H44N4O4. The van der Waals surface area contributed by atoms with Gasteiger partial charge in [-0.15, -0.1) is 0 Å². The van der Waals surface area contributed by atoms with Crippen molar-refractivity contribution in [3.05, 3.63) is 131 Å². The summed E-state index contributed by atoms with van der Waals surface area (Å²) in [4.78, 5) is 24.5. The molecule has 7 rings (SSSR count). The van der Waals surface area contributed by atoms with E-state index < -0.39 is 6.29 Å². The number of carbonyl (C=O) groups excluding carboxylic acids is 1. The summed E-state index contributed by atoms with van der Waals surface area (Å²) in [5.41, 5.74) is 7.79. The van der Waals surface area contributed by atoms with Crippen molar-refractivity contribution in [2.45, 2.75) is 70.2 Å². The van der Waals surface area contributed by atoms with Crippen molar-refractivity contribution in [1.82, 2.24) is 20.2 Å². The minimum atomic E-state index is -0.498. The molecule has 3 unspecified atom stereocenters. The molecule has 0 saturated carbocycles. The molecule has 4 aromatic carbocycles. The maximum atomic E-state index is 13.0. The van der Waals surface area contributed by atoms with Gasteiger partial charge in [-0.2, -0.15) is 0 Å². The predicted molar refractivity (Wildman–Crippen MR) is 191 cm³/mol. The fourth-order valence-electron chi connectivity index (χ4n) is 6.93. The number of aromatic nitrogens is 2. The highest BCUT2D eigenvalue weighted by Crippen LogP contribution is 2.39. The van der Waals surface area contributed by atoms with Gasteiger partial charge in [0.1, 0.15) is 5.69 Å². The summed E-state index contributed by atoms with van der Waals surface area (Å²) in [6.07, 6.45) is 8.15. The summed E-state index contributed by atoms with van der Waals surface area (Å²) >= 11 is 0. The molecule has 2 saturated heterocycles. The van der Waals surface area contributed by atoms with Crippen LogP contribution in [0.3, 0.4) is 0 Å². The van der Waals surface area contributed by atoms with Gasteiger partial charge in [0.05, 0.1) is 36.0 Å². The van der Waals surface area contributed by atoms with Gasteiger partial charge in [-0.1, -0.05) is 104 Å². The number of rotatable bonds is 9. The number of amides is 1. The fourth-order valence-corrected chi connectivity index (χ4v) is 6.93. The van der Waals surface area contributed by atoms with Crippen molar-refractivity contribution in [1.29, 1.82) is 0 Å². The number of fused-ring (bicyclic) bond motifs is 1. The maximum absolute atomic E-state index is 13.0. The summed E-state index contributed by atoms with van der Waals surface area (Å²) in [6, 6.07) is 32.1. The number of ether oxygens (including phenoxy) is 2. The Morgan fingerprint density at radius 3 is 2.27 bits per heavy atom. The Morgan fingerprint density at radius 1 is 0.796 bits per heavy atom. The van der Waals surface area contributed by atoms with Gasteiger partial charge in [0.2, 0.25) is 0 Å². The minimum absolute atomic E-state index is 0.0239. The average Bonchev–Trinajstić information content (AvgIpc) is 3.15. The number of nitrogens with zero attached hydrogens (tertiary/aromatic N) is 3. The maximum Gasteiger partial charge on any atom is 0.271 e. The predicted octanol–water partition coefficient (Wildman–Crippen LogP) is 7.53. The third kappa shape index (κ3) is 8.23. The van der Waals surface area contributed by atoms with Crippen LogP contribution in [0.1, 0.15) is 83.7 Å². The van der Waals surface area contributed by atoms with E-state index in [9.17, 15) is 9.90 Å². The lowest BCUT2D eigenvalue weighted by Crippen LogP contribution is -2.40. The van der Waals surface area contributed by atoms with Crippen molar-refractivity contribution < 1.29 is 19.4 Å². The molecule has 1 aromatic heterocycles. The normalized spacial score (nSPS) is 20.4. The minimum Gasteiger partial charge on any atom is -0.392 e. The molecule has 3 atom stereocenters. The van der Waals surface area contributed by atoms with E-state index in [-0.39, 0.29) is 24.7 Å². The van der Waals surface area contributed by atoms with Crippen molar-refractivity contribution >= 4 is 16.9 Å². The number of likely N-dealkylation sites (tertiary alicyclic amines) is 1. The molecule has 3 heterocycles. The van der Waals surface area contributed by atoms with Crippen LogP contribution in [-0.4, -0.2) is 51.6 Å². The molecule has 2 N–H and O–H groups in total. The summed E-state index contributed by atoms with van der Waals surface area (Å²) in [6.45, 7) is 3.51. The summed E-state index contributed by atoms with van der Waals surface area (Å²) < 4.78 is 13.3. The Bertz CT molecular complexity index is 1840. The fraction of sp³-hybridized carbons (Fsp3) is 0.341. The van der Waals surface area contributed by atoms with E-state index in [1.54, 1.807) is 0 Å². The van der Waals surface area contributed by atoms with Crippen LogP contribution in [0.15, 0.2) is 103 Å². The molecule has 252 valence electrons. The van der Waals surface area contributed by atoms with Crippen LogP contribution in [0.5, 0.6) is 0 Å². The number of hydrogen-bond acceptors (Lipinski definition) is 7. The van der Waals surface area contributed by atoms with Crippen molar-refractivity contribution in [3.8, 4) is 11.1 Å². The highest BCUT2D eigenvalue weighted by Gasteiger charge is 2.33. The lowest BCUT2D eigenvalue weighted by molar-refractivity contribution is -0.253. The zero-order valence-electron chi connectivity index (χ0n) is 27.8. The van der Waals surface area contributed by atoms with E-state index in [2.05, 4.69) is 62.6 Å². The third-order valence-electron chi connectivity index (χ3n) is 9.66. The first-order chi connectivity index (χ1) is 24.1. The molecule has 2 aliphatic rings. The van der Waals surface area contributed by atoms with E-state index in [0.717, 1.165) is 65.0 Å². The molecule has 0 bridgehead atoms. The average molecular weight is 657 g/mol. The van der Waals surface area contributed by atoms with E-state index in [4.69, 9.17) is 9.47 Å². The van der Waals surface area contributed by atoms with Crippen LogP contribution in [0.2, 0.25) is 0 Å². The summed E-state index contributed by atoms with van der Waals surface area (Å²) in [5, 5.41) is 12.6. The molecule has 8 nitrogen and oxygen atoms in total. The standard InChI is InChI=1S/C41H44N4O4/c46-28-29-14-16-31(17-15-29)39-24-34(27-45-22-8-2-1-3-9-23-45)48-41(49-39)32-20-18-30(19-21-32)35-11-5-4-10-33(35)25-43-40(47)38-26-42-36-12-6-7-13-37(36)44-38/h4-7,10-21,26,34,39,41,46H,1-3,8-9,22-25,27-28H2,(H,43,47). The lowest BCUT2D eigenvalue weighted by Gasteiger charge is -2.39. The number of aliphatic hydroxyl groups excluding tert-OH is 1. The van der Waals surface area contributed by atoms with Crippen molar-refractivity contribution in [3.63, 3.8) is 0 Å². The Balaban J connectivity index is 1.06. The SMILES string of the molecule is O=C(NCc1ccccc1-c1ccc(C2OC(CN3CCCCCCC3)CC(c3ccc(CO)cc3)O2)cc1)c1cnc2ccccc2n1. The topological polar surface area (TPSA) is 96.8 Å². The second-order valence-corrected chi connectivity index (χ2v) is 13.1.